The molecule has 2 rings (SSSR count). The molecule has 0 atom stereocenters. The van der Waals surface area contributed by atoms with E-state index in [0.29, 0.717) is 19.7 Å². The Hall–Kier alpha value is -1.92. The maximum Gasteiger partial charge on any atom is 0.259 e. The van der Waals surface area contributed by atoms with Gasteiger partial charge in [-0.15, -0.1) is 11.3 Å². The molecule has 0 bridgehead atoms. The lowest BCUT2D eigenvalue weighted by molar-refractivity contribution is 0.0681. The summed E-state index contributed by atoms with van der Waals surface area (Å²) in [6.07, 6.45) is 1.48. The van der Waals surface area contributed by atoms with Crippen LogP contribution in [0.15, 0.2) is 34.6 Å². The topological polar surface area (TPSA) is 62.4 Å². The van der Waals surface area contributed by atoms with Gasteiger partial charge in [-0.25, -0.2) is 0 Å². The first kappa shape index (κ1) is 15.5. The van der Waals surface area contributed by atoms with Gasteiger partial charge < -0.3 is 14.6 Å². The number of amides is 1. The van der Waals surface area contributed by atoms with Crippen LogP contribution in [0.3, 0.4) is 0 Å². The fraction of sp³-hybridized carbons (Fsp3) is 0.333. The van der Waals surface area contributed by atoms with E-state index in [1.807, 2.05) is 17.5 Å². The molecule has 2 aromatic heterocycles. The van der Waals surface area contributed by atoms with Gasteiger partial charge in [0.05, 0.1) is 13.2 Å². The number of methoxy groups -OCH3 is 1. The van der Waals surface area contributed by atoms with E-state index < -0.39 is 0 Å². The molecule has 2 aromatic rings. The second-order valence-corrected chi connectivity index (χ2v) is 5.73. The Labute approximate surface area is 127 Å². The Morgan fingerprint density at radius 1 is 1.48 bits per heavy atom. The van der Waals surface area contributed by atoms with Crippen molar-refractivity contribution >= 4 is 17.2 Å². The van der Waals surface area contributed by atoms with E-state index in [-0.39, 0.29) is 16.9 Å². The van der Waals surface area contributed by atoms with E-state index >= 15 is 0 Å². The molecular formula is C15H18N2O3S. The third-order valence-electron chi connectivity index (χ3n) is 3.07. The molecule has 0 aliphatic rings. The van der Waals surface area contributed by atoms with Gasteiger partial charge in [0.15, 0.2) is 5.43 Å². The van der Waals surface area contributed by atoms with Crippen LogP contribution in [0.5, 0.6) is 0 Å². The molecule has 112 valence electrons. The van der Waals surface area contributed by atoms with Crippen LogP contribution in [0.25, 0.3) is 0 Å². The molecule has 0 aliphatic heterocycles. The number of hydrogen-bond acceptors (Lipinski definition) is 4. The molecule has 0 saturated heterocycles. The highest BCUT2D eigenvalue weighted by atomic mass is 32.1. The Morgan fingerprint density at radius 3 is 2.90 bits per heavy atom. The van der Waals surface area contributed by atoms with Crippen LogP contribution < -0.4 is 5.43 Å². The van der Waals surface area contributed by atoms with Crippen molar-refractivity contribution in [3.8, 4) is 0 Å². The third kappa shape index (κ3) is 4.03. The number of ether oxygens (including phenoxy) is 1. The molecule has 0 aliphatic carbocycles. The number of H-pyrrole nitrogens is 1. The van der Waals surface area contributed by atoms with Crippen LogP contribution in [-0.4, -0.2) is 36.1 Å². The Balaban J connectivity index is 2.22. The highest BCUT2D eigenvalue weighted by molar-refractivity contribution is 7.09. The molecule has 0 radical (unpaired) electrons. The Morgan fingerprint density at radius 2 is 2.29 bits per heavy atom. The van der Waals surface area contributed by atoms with E-state index in [0.717, 1.165) is 10.6 Å². The van der Waals surface area contributed by atoms with E-state index in [9.17, 15) is 9.59 Å². The predicted molar refractivity (Wildman–Crippen MR) is 82.7 cm³/mol. The van der Waals surface area contributed by atoms with Gasteiger partial charge in [-0.05, 0) is 18.4 Å². The summed E-state index contributed by atoms with van der Waals surface area (Å²) in [6.45, 7) is 3.14. The van der Waals surface area contributed by atoms with Crippen molar-refractivity contribution < 1.29 is 9.53 Å². The van der Waals surface area contributed by atoms with Gasteiger partial charge in [0.2, 0.25) is 0 Å². The molecule has 2 heterocycles. The summed E-state index contributed by atoms with van der Waals surface area (Å²) in [5, 5.41) is 1.97. The number of thiophene rings is 1. The SMILES string of the molecule is COCCN(Cc1cccs1)C(=O)c1c[nH]c(C)cc1=O. The van der Waals surface area contributed by atoms with E-state index in [4.69, 9.17) is 4.74 Å². The number of carbonyl (C=O) groups excluding carboxylic acids is 1. The van der Waals surface area contributed by atoms with Crippen molar-refractivity contribution in [2.24, 2.45) is 0 Å². The summed E-state index contributed by atoms with van der Waals surface area (Å²) in [4.78, 5) is 30.2. The van der Waals surface area contributed by atoms with E-state index in [2.05, 4.69) is 4.98 Å². The standard InChI is InChI=1S/C15H18N2O3S/c1-11-8-14(18)13(9-16-11)15(19)17(5-6-20-2)10-12-4-3-7-21-12/h3-4,7-9H,5-6,10H2,1-2H3,(H,16,18). The monoisotopic (exact) mass is 306 g/mol. The smallest absolute Gasteiger partial charge is 0.259 e. The first-order chi connectivity index (χ1) is 10.1. The molecule has 21 heavy (non-hydrogen) atoms. The van der Waals surface area contributed by atoms with Crippen molar-refractivity contribution in [3.05, 3.63) is 56.1 Å². The molecule has 0 unspecified atom stereocenters. The number of aromatic amines is 1. The second-order valence-electron chi connectivity index (χ2n) is 4.69. The molecule has 5 nitrogen and oxygen atoms in total. The van der Waals surface area contributed by atoms with Crippen molar-refractivity contribution in [2.75, 3.05) is 20.3 Å². The van der Waals surface area contributed by atoms with Gasteiger partial charge in [0.25, 0.3) is 5.91 Å². The van der Waals surface area contributed by atoms with Crippen molar-refractivity contribution in [2.45, 2.75) is 13.5 Å². The van der Waals surface area contributed by atoms with Crippen LogP contribution in [0.1, 0.15) is 20.9 Å². The van der Waals surface area contributed by atoms with Crippen molar-refractivity contribution in [1.29, 1.82) is 0 Å². The number of nitrogens with zero attached hydrogens (tertiary/aromatic N) is 1. The summed E-state index contributed by atoms with van der Waals surface area (Å²) in [7, 11) is 1.59. The predicted octanol–water partition coefficient (Wildman–Crippen LogP) is 2.03. The van der Waals surface area contributed by atoms with Gasteiger partial charge >= 0.3 is 0 Å². The molecule has 0 saturated carbocycles. The normalized spacial score (nSPS) is 10.6. The second kappa shape index (κ2) is 7.19. The van der Waals surface area contributed by atoms with Gasteiger partial charge in [-0.2, -0.15) is 0 Å². The highest BCUT2D eigenvalue weighted by Crippen LogP contribution is 2.13. The first-order valence-electron chi connectivity index (χ1n) is 6.61. The summed E-state index contributed by atoms with van der Waals surface area (Å²) in [5.74, 6) is -0.276. The Bertz CT molecular complexity index is 649. The minimum Gasteiger partial charge on any atom is -0.383 e. The number of carbonyl (C=O) groups is 1. The fourth-order valence-corrected chi connectivity index (χ4v) is 2.67. The lowest BCUT2D eigenvalue weighted by atomic mass is 10.2. The third-order valence-corrected chi connectivity index (χ3v) is 3.93. The summed E-state index contributed by atoms with van der Waals surface area (Å²) in [5.41, 5.74) is 0.636. The minimum atomic E-state index is -0.276. The van der Waals surface area contributed by atoms with Gasteiger partial charge in [0.1, 0.15) is 5.56 Å². The first-order valence-corrected chi connectivity index (χ1v) is 7.49. The largest absolute Gasteiger partial charge is 0.383 e. The molecule has 0 spiro atoms. The minimum absolute atomic E-state index is 0.160. The van der Waals surface area contributed by atoms with Gasteiger partial charge in [0, 0.05) is 36.5 Å². The summed E-state index contributed by atoms with van der Waals surface area (Å²) >= 11 is 1.58. The number of rotatable bonds is 6. The lowest BCUT2D eigenvalue weighted by Crippen LogP contribution is -2.36. The average Bonchev–Trinajstić information content (AvgIpc) is 2.95. The highest BCUT2D eigenvalue weighted by Gasteiger charge is 2.19. The van der Waals surface area contributed by atoms with E-state index in [1.54, 1.807) is 30.3 Å². The average molecular weight is 306 g/mol. The Kier molecular flexibility index (Phi) is 5.30. The van der Waals surface area contributed by atoms with Crippen molar-refractivity contribution in [3.63, 3.8) is 0 Å². The molecular weight excluding hydrogens is 288 g/mol. The van der Waals surface area contributed by atoms with Crippen LogP contribution in [0.4, 0.5) is 0 Å². The van der Waals surface area contributed by atoms with Gasteiger partial charge in [-0.1, -0.05) is 6.07 Å². The molecule has 1 N–H and O–H groups in total. The molecule has 0 aromatic carbocycles. The van der Waals surface area contributed by atoms with Gasteiger partial charge in [-0.3, -0.25) is 9.59 Å². The number of nitrogens with one attached hydrogen (secondary N) is 1. The molecule has 1 amide bonds. The van der Waals surface area contributed by atoms with Crippen molar-refractivity contribution in [1.82, 2.24) is 9.88 Å². The fourth-order valence-electron chi connectivity index (χ4n) is 1.96. The van der Waals surface area contributed by atoms with Crippen LogP contribution in [-0.2, 0) is 11.3 Å². The lowest BCUT2D eigenvalue weighted by Gasteiger charge is -2.21. The molecule has 0 fully saturated rings. The number of hydrogen-bond donors (Lipinski definition) is 1. The number of aryl methyl sites for hydroxylation is 1. The quantitative estimate of drug-likeness (QED) is 0.888. The zero-order valence-corrected chi connectivity index (χ0v) is 12.9. The number of aromatic nitrogens is 1. The molecule has 6 heteroatoms. The number of pyridine rings is 1. The van der Waals surface area contributed by atoms with Crippen LogP contribution in [0, 0.1) is 6.92 Å². The summed E-state index contributed by atoms with van der Waals surface area (Å²) < 4.78 is 5.05. The van der Waals surface area contributed by atoms with E-state index in [1.165, 1.54) is 12.3 Å². The zero-order valence-electron chi connectivity index (χ0n) is 12.1. The van der Waals surface area contributed by atoms with Crippen LogP contribution >= 0.6 is 11.3 Å². The maximum absolute atomic E-state index is 12.6. The van der Waals surface area contributed by atoms with Crippen LogP contribution in [0.2, 0.25) is 0 Å². The maximum atomic E-state index is 12.6. The summed E-state index contributed by atoms with van der Waals surface area (Å²) in [6, 6.07) is 5.35. The zero-order chi connectivity index (χ0) is 15.2.